The van der Waals surface area contributed by atoms with E-state index in [0.717, 1.165) is 12.0 Å². The predicted octanol–water partition coefficient (Wildman–Crippen LogP) is 4.91. The highest BCUT2D eigenvalue weighted by molar-refractivity contribution is 7.99. The monoisotopic (exact) mass is 449 g/mol. The molecule has 0 atom stereocenters. The van der Waals surface area contributed by atoms with Gasteiger partial charge in [0.15, 0.2) is 5.16 Å². The fourth-order valence-electron chi connectivity index (χ4n) is 2.85. The molecule has 5 nitrogen and oxygen atoms in total. The highest BCUT2D eigenvalue weighted by Gasteiger charge is 2.16. The van der Waals surface area contributed by atoms with Crippen LogP contribution in [0.5, 0.6) is 0 Å². The molecule has 0 bridgehead atoms. The molecule has 3 rings (SSSR count). The van der Waals surface area contributed by atoms with E-state index in [9.17, 15) is 9.59 Å². The minimum atomic E-state index is -0.0890. The average Bonchev–Trinajstić information content (AvgIpc) is 3.18. The molecular weight excluding hydrogens is 426 g/mol. The number of halogens is 1. The van der Waals surface area contributed by atoms with Crippen LogP contribution in [-0.4, -0.2) is 33.2 Å². The molecule has 0 aliphatic heterocycles. The molecule has 0 aliphatic carbocycles. The molecule has 3 aromatic rings. The number of thiophene rings is 1. The molecule has 2 aromatic heterocycles. The fraction of sp³-hybridized carbons (Fsp3) is 0.381. The Morgan fingerprint density at radius 1 is 1.34 bits per heavy atom. The number of hydrogen-bond acceptors (Lipinski definition) is 5. The standard InChI is InChI=1S/C21H24ClN3O2S2/c1-14(2)6-8-25-20(27)17-5-4-16(22)10-18(17)23-21(25)29-13-19(26)24(3)11-15-7-9-28-12-15/h4-5,7,9-10,12,14H,6,8,11,13H2,1-3H3. The average molecular weight is 450 g/mol. The molecule has 0 aliphatic rings. The van der Waals surface area contributed by atoms with Crippen LogP contribution in [0, 0.1) is 5.92 Å². The second-order valence-electron chi connectivity index (χ2n) is 7.37. The van der Waals surface area contributed by atoms with Gasteiger partial charge in [0.25, 0.3) is 5.56 Å². The van der Waals surface area contributed by atoms with Crippen molar-refractivity contribution in [2.75, 3.05) is 12.8 Å². The van der Waals surface area contributed by atoms with Gasteiger partial charge in [-0.15, -0.1) is 0 Å². The molecule has 1 amide bonds. The molecule has 154 valence electrons. The fourth-order valence-corrected chi connectivity index (χ4v) is 4.64. The summed E-state index contributed by atoms with van der Waals surface area (Å²) in [4.78, 5) is 32.0. The van der Waals surface area contributed by atoms with Crippen molar-refractivity contribution in [2.24, 2.45) is 5.92 Å². The van der Waals surface area contributed by atoms with Crippen LogP contribution < -0.4 is 5.56 Å². The normalized spacial score (nSPS) is 11.3. The van der Waals surface area contributed by atoms with E-state index in [-0.39, 0.29) is 17.2 Å². The Morgan fingerprint density at radius 3 is 2.83 bits per heavy atom. The summed E-state index contributed by atoms with van der Waals surface area (Å²) in [6.07, 6.45) is 0.861. The lowest BCUT2D eigenvalue weighted by Crippen LogP contribution is -2.29. The van der Waals surface area contributed by atoms with Gasteiger partial charge in [0.05, 0.1) is 16.7 Å². The minimum absolute atomic E-state index is 0.00273. The maximum Gasteiger partial charge on any atom is 0.262 e. The smallest absolute Gasteiger partial charge is 0.262 e. The summed E-state index contributed by atoms with van der Waals surface area (Å²) < 4.78 is 1.69. The second kappa shape index (κ2) is 9.78. The Balaban J connectivity index is 1.83. The van der Waals surface area contributed by atoms with Crippen molar-refractivity contribution in [1.82, 2.24) is 14.5 Å². The van der Waals surface area contributed by atoms with Gasteiger partial charge in [0.1, 0.15) is 0 Å². The number of carbonyl (C=O) groups excluding carboxylic acids is 1. The Labute approximate surface area is 183 Å². The third kappa shape index (κ3) is 5.62. The molecule has 0 spiro atoms. The SMILES string of the molecule is CC(C)CCn1c(SCC(=O)N(C)Cc2ccsc2)nc2cc(Cl)ccc2c1=O. The largest absolute Gasteiger partial charge is 0.341 e. The highest BCUT2D eigenvalue weighted by Crippen LogP contribution is 2.22. The summed E-state index contributed by atoms with van der Waals surface area (Å²) >= 11 is 9.00. The Kier molecular flexibility index (Phi) is 7.38. The topological polar surface area (TPSA) is 55.2 Å². The molecular formula is C21H24ClN3O2S2. The van der Waals surface area contributed by atoms with E-state index < -0.39 is 0 Å². The third-order valence-corrected chi connectivity index (χ3v) is 6.49. The Bertz CT molecular complexity index is 1050. The maximum atomic E-state index is 13.0. The molecule has 2 heterocycles. The van der Waals surface area contributed by atoms with Gasteiger partial charge in [-0.1, -0.05) is 37.2 Å². The maximum absolute atomic E-state index is 13.0. The number of nitrogens with zero attached hydrogens (tertiary/aromatic N) is 3. The number of rotatable bonds is 8. The van der Waals surface area contributed by atoms with Crippen LogP contribution in [0.2, 0.25) is 5.02 Å². The number of benzene rings is 1. The van der Waals surface area contributed by atoms with Crippen LogP contribution in [0.4, 0.5) is 0 Å². The van der Waals surface area contributed by atoms with Crippen LogP contribution in [-0.2, 0) is 17.9 Å². The minimum Gasteiger partial charge on any atom is -0.341 e. The van der Waals surface area contributed by atoms with Crippen molar-refractivity contribution >= 4 is 51.5 Å². The first-order valence-corrected chi connectivity index (χ1v) is 11.7. The summed E-state index contributed by atoms with van der Waals surface area (Å²) in [5.41, 5.74) is 1.59. The van der Waals surface area contributed by atoms with Gasteiger partial charge in [-0.2, -0.15) is 11.3 Å². The van der Waals surface area contributed by atoms with Crippen molar-refractivity contribution in [1.29, 1.82) is 0 Å². The van der Waals surface area contributed by atoms with E-state index >= 15 is 0 Å². The van der Waals surface area contributed by atoms with Crippen LogP contribution in [0.1, 0.15) is 25.8 Å². The van der Waals surface area contributed by atoms with Crippen molar-refractivity contribution in [2.45, 2.75) is 38.5 Å². The summed E-state index contributed by atoms with van der Waals surface area (Å²) in [6, 6.07) is 7.13. The van der Waals surface area contributed by atoms with E-state index in [4.69, 9.17) is 11.6 Å². The van der Waals surface area contributed by atoms with Gasteiger partial charge < -0.3 is 4.90 Å². The molecule has 0 radical (unpaired) electrons. The highest BCUT2D eigenvalue weighted by atomic mass is 35.5. The van der Waals surface area contributed by atoms with E-state index in [1.165, 1.54) is 11.8 Å². The van der Waals surface area contributed by atoms with Gasteiger partial charge in [-0.3, -0.25) is 14.2 Å². The predicted molar refractivity (Wildman–Crippen MR) is 122 cm³/mol. The van der Waals surface area contributed by atoms with E-state index in [1.54, 1.807) is 46.1 Å². The van der Waals surface area contributed by atoms with Crippen LogP contribution >= 0.6 is 34.7 Å². The van der Waals surface area contributed by atoms with Gasteiger partial charge >= 0.3 is 0 Å². The molecule has 8 heteroatoms. The van der Waals surface area contributed by atoms with Crippen LogP contribution in [0.15, 0.2) is 45.0 Å². The summed E-state index contributed by atoms with van der Waals surface area (Å²) in [5.74, 6) is 0.678. The number of amides is 1. The lowest BCUT2D eigenvalue weighted by molar-refractivity contribution is -0.127. The van der Waals surface area contributed by atoms with E-state index in [1.807, 2.05) is 16.8 Å². The molecule has 0 fully saturated rings. The molecule has 0 N–H and O–H groups in total. The first-order valence-electron chi connectivity index (χ1n) is 9.43. The number of hydrogen-bond donors (Lipinski definition) is 0. The van der Waals surface area contributed by atoms with Gasteiger partial charge in [-0.05, 0) is 52.9 Å². The zero-order chi connectivity index (χ0) is 21.0. The van der Waals surface area contributed by atoms with Crippen molar-refractivity contribution in [3.8, 4) is 0 Å². The third-order valence-electron chi connectivity index (χ3n) is 4.56. The summed E-state index contributed by atoms with van der Waals surface area (Å²) in [7, 11) is 1.79. The number of aromatic nitrogens is 2. The lowest BCUT2D eigenvalue weighted by Gasteiger charge is -2.18. The second-order valence-corrected chi connectivity index (χ2v) is 9.52. The lowest BCUT2D eigenvalue weighted by atomic mass is 10.1. The quantitative estimate of drug-likeness (QED) is 0.362. The van der Waals surface area contributed by atoms with Gasteiger partial charge in [0.2, 0.25) is 5.91 Å². The van der Waals surface area contributed by atoms with Gasteiger partial charge in [-0.25, -0.2) is 4.98 Å². The zero-order valence-corrected chi connectivity index (χ0v) is 19.1. The van der Waals surface area contributed by atoms with E-state index in [2.05, 4.69) is 18.8 Å². The first-order chi connectivity index (χ1) is 13.8. The molecule has 1 aromatic carbocycles. The first kappa shape index (κ1) is 21.9. The molecule has 0 saturated heterocycles. The summed E-state index contributed by atoms with van der Waals surface area (Å²) in [6.45, 7) is 5.39. The van der Waals surface area contributed by atoms with Crippen LogP contribution in [0.3, 0.4) is 0 Å². The number of thioether (sulfide) groups is 1. The zero-order valence-electron chi connectivity index (χ0n) is 16.7. The van der Waals surface area contributed by atoms with Crippen molar-refractivity contribution in [3.63, 3.8) is 0 Å². The number of fused-ring (bicyclic) bond motifs is 1. The summed E-state index contributed by atoms with van der Waals surface area (Å²) in [5, 5.41) is 5.67. The number of carbonyl (C=O) groups is 1. The molecule has 29 heavy (non-hydrogen) atoms. The Hall–Kier alpha value is -1.83. The van der Waals surface area contributed by atoms with Crippen molar-refractivity contribution in [3.05, 3.63) is 56.0 Å². The molecule has 0 unspecified atom stereocenters. The van der Waals surface area contributed by atoms with Gasteiger partial charge in [0, 0.05) is 25.2 Å². The van der Waals surface area contributed by atoms with Crippen LogP contribution in [0.25, 0.3) is 10.9 Å². The van der Waals surface area contributed by atoms with Crippen molar-refractivity contribution < 1.29 is 4.79 Å². The van der Waals surface area contributed by atoms with E-state index in [0.29, 0.717) is 40.1 Å². The Morgan fingerprint density at radius 2 is 2.14 bits per heavy atom. The molecule has 0 saturated carbocycles.